The second-order valence-corrected chi connectivity index (χ2v) is 4.52. The first-order chi connectivity index (χ1) is 6.22. The van der Waals surface area contributed by atoms with Gasteiger partial charge in [0, 0.05) is 32.2 Å². The lowest BCUT2D eigenvalue weighted by Gasteiger charge is -2.39. The van der Waals surface area contributed by atoms with Gasteiger partial charge in [0.05, 0.1) is 0 Å². The second kappa shape index (κ2) is 5.61. The molecule has 13 heavy (non-hydrogen) atoms. The summed E-state index contributed by atoms with van der Waals surface area (Å²) in [5.74, 6) is 1.00. The molecule has 0 bridgehead atoms. The third-order valence-electron chi connectivity index (χ3n) is 2.71. The molecule has 1 heterocycles. The summed E-state index contributed by atoms with van der Waals surface area (Å²) in [7, 11) is 0. The fourth-order valence-electron chi connectivity index (χ4n) is 1.96. The van der Waals surface area contributed by atoms with Crippen LogP contribution >= 0.6 is 0 Å². The lowest BCUT2D eigenvalue weighted by atomic mass is 9.95. The van der Waals surface area contributed by atoms with Gasteiger partial charge in [-0.25, -0.2) is 0 Å². The molecule has 0 unspecified atom stereocenters. The van der Waals surface area contributed by atoms with Crippen LogP contribution in [0.3, 0.4) is 0 Å². The number of rotatable bonds is 6. The van der Waals surface area contributed by atoms with Crippen LogP contribution in [-0.4, -0.2) is 37.1 Å². The lowest BCUT2D eigenvalue weighted by molar-refractivity contribution is 0.0943. The summed E-state index contributed by atoms with van der Waals surface area (Å²) in [5, 5.41) is 3.45. The average molecular weight is 184 g/mol. The van der Waals surface area contributed by atoms with E-state index in [1.165, 1.54) is 32.5 Å². The van der Waals surface area contributed by atoms with Crippen LogP contribution in [-0.2, 0) is 0 Å². The Morgan fingerprint density at radius 1 is 1.38 bits per heavy atom. The van der Waals surface area contributed by atoms with Gasteiger partial charge in [0.25, 0.3) is 0 Å². The van der Waals surface area contributed by atoms with Gasteiger partial charge in [0.15, 0.2) is 0 Å². The van der Waals surface area contributed by atoms with E-state index in [0.29, 0.717) is 6.04 Å². The number of hydrogen-bond donors (Lipinski definition) is 1. The maximum atomic E-state index is 3.45. The van der Waals surface area contributed by atoms with E-state index in [4.69, 9.17) is 0 Å². The van der Waals surface area contributed by atoms with Crippen LogP contribution in [0.4, 0.5) is 0 Å². The van der Waals surface area contributed by atoms with Crippen LogP contribution < -0.4 is 5.32 Å². The minimum atomic E-state index is 0.632. The van der Waals surface area contributed by atoms with Crippen LogP contribution in [0.25, 0.3) is 0 Å². The minimum Gasteiger partial charge on any atom is -0.313 e. The number of nitrogens with one attached hydrogen (secondary N) is 1. The summed E-state index contributed by atoms with van der Waals surface area (Å²) in [6, 6.07) is 0.632. The fourth-order valence-corrected chi connectivity index (χ4v) is 1.96. The van der Waals surface area contributed by atoms with Crippen molar-refractivity contribution < 1.29 is 0 Å². The molecule has 1 aliphatic heterocycles. The van der Waals surface area contributed by atoms with Crippen molar-refractivity contribution in [2.24, 2.45) is 5.92 Å². The van der Waals surface area contributed by atoms with Crippen molar-refractivity contribution >= 4 is 0 Å². The molecule has 1 aliphatic rings. The quantitative estimate of drug-likeness (QED) is 0.676. The second-order valence-electron chi connectivity index (χ2n) is 4.52. The highest BCUT2D eigenvalue weighted by atomic mass is 15.2. The predicted octanol–water partition coefficient (Wildman–Crippen LogP) is 1.72. The zero-order chi connectivity index (χ0) is 9.68. The molecule has 0 radical (unpaired) electrons. The minimum absolute atomic E-state index is 0.632. The number of nitrogens with zero attached hydrogens (tertiary/aromatic N) is 1. The van der Waals surface area contributed by atoms with Gasteiger partial charge in [-0.05, 0) is 12.3 Å². The Morgan fingerprint density at radius 3 is 2.62 bits per heavy atom. The van der Waals surface area contributed by atoms with Gasteiger partial charge in [-0.15, -0.1) is 0 Å². The van der Waals surface area contributed by atoms with Crippen LogP contribution in [0, 0.1) is 5.92 Å². The molecule has 0 aliphatic carbocycles. The third kappa shape index (κ3) is 4.10. The highest BCUT2D eigenvalue weighted by molar-refractivity contribution is 4.79. The Hall–Kier alpha value is -0.0800. The smallest absolute Gasteiger partial charge is 0.0107 e. The molecular weight excluding hydrogens is 160 g/mol. The van der Waals surface area contributed by atoms with Crippen molar-refractivity contribution in [2.45, 2.75) is 39.7 Å². The van der Waals surface area contributed by atoms with Crippen LogP contribution in [0.5, 0.6) is 0 Å². The molecule has 0 atom stereocenters. The molecule has 0 aromatic carbocycles. The molecule has 2 nitrogen and oxygen atoms in total. The summed E-state index contributed by atoms with van der Waals surface area (Å²) in [4.78, 5) is 2.55. The van der Waals surface area contributed by atoms with Crippen LogP contribution in [0.1, 0.15) is 33.6 Å². The third-order valence-corrected chi connectivity index (χ3v) is 2.71. The van der Waals surface area contributed by atoms with Crippen molar-refractivity contribution in [1.82, 2.24) is 10.2 Å². The van der Waals surface area contributed by atoms with E-state index in [1.54, 1.807) is 0 Å². The van der Waals surface area contributed by atoms with E-state index in [1.807, 2.05) is 0 Å². The van der Waals surface area contributed by atoms with Crippen LogP contribution in [0.15, 0.2) is 0 Å². The van der Waals surface area contributed by atoms with Gasteiger partial charge in [-0.2, -0.15) is 0 Å². The summed E-state index contributed by atoms with van der Waals surface area (Å²) < 4.78 is 0. The average Bonchev–Trinajstić information content (AvgIpc) is 1.99. The van der Waals surface area contributed by atoms with E-state index in [2.05, 4.69) is 31.0 Å². The first-order valence-corrected chi connectivity index (χ1v) is 5.68. The van der Waals surface area contributed by atoms with Gasteiger partial charge in [-0.1, -0.05) is 27.2 Å². The summed E-state index contributed by atoms with van der Waals surface area (Å²) in [5.41, 5.74) is 0. The first-order valence-electron chi connectivity index (χ1n) is 5.68. The normalized spacial score (nSPS) is 19.4. The van der Waals surface area contributed by atoms with Crippen molar-refractivity contribution in [3.8, 4) is 0 Å². The molecule has 1 rings (SSSR count). The number of hydrogen-bond acceptors (Lipinski definition) is 2. The zero-order valence-electron chi connectivity index (χ0n) is 9.34. The monoisotopic (exact) mass is 184 g/mol. The van der Waals surface area contributed by atoms with Gasteiger partial charge in [0.2, 0.25) is 0 Å². The van der Waals surface area contributed by atoms with Crippen molar-refractivity contribution in [1.29, 1.82) is 0 Å². The maximum absolute atomic E-state index is 3.45. The molecule has 1 saturated heterocycles. The fraction of sp³-hybridized carbons (Fsp3) is 1.00. The molecule has 2 heteroatoms. The molecule has 1 fully saturated rings. The van der Waals surface area contributed by atoms with Crippen LogP contribution in [0.2, 0.25) is 0 Å². The van der Waals surface area contributed by atoms with Gasteiger partial charge in [0.1, 0.15) is 0 Å². The molecular formula is C11H24N2. The highest BCUT2D eigenvalue weighted by Crippen LogP contribution is 2.19. The molecule has 0 spiro atoms. The summed E-state index contributed by atoms with van der Waals surface area (Å²) in [6.45, 7) is 11.8. The Bertz CT molecular complexity index is 128. The predicted molar refractivity (Wildman–Crippen MR) is 58.0 cm³/mol. The standard InChI is InChI=1S/C11H24N2/c1-4-5-11-8-13(9-11)7-6-12-10(2)3/h10-12H,4-9H2,1-3H3. The SMILES string of the molecule is CCCC1CN(CCNC(C)C)C1. The van der Waals surface area contributed by atoms with E-state index in [9.17, 15) is 0 Å². The lowest BCUT2D eigenvalue weighted by Crippen LogP contribution is -2.49. The molecule has 0 amide bonds. The largest absolute Gasteiger partial charge is 0.313 e. The van der Waals surface area contributed by atoms with Gasteiger partial charge < -0.3 is 10.2 Å². The van der Waals surface area contributed by atoms with E-state index in [-0.39, 0.29) is 0 Å². The maximum Gasteiger partial charge on any atom is 0.0107 e. The molecule has 78 valence electrons. The van der Waals surface area contributed by atoms with E-state index in [0.717, 1.165) is 12.5 Å². The van der Waals surface area contributed by atoms with Gasteiger partial charge >= 0.3 is 0 Å². The molecule has 0 aromatic heterocycles. The Morgan fingerprint density at radius 2 is 2.08 bits per heavy atom. The first kappa shape index (κ1) is 11.0. The van der Waals surface area contributed by atoms with Crippen molar-refractivity contribution in [3.05, 3.63) is 0 Å². The Balaban J connectivity index is 1.90. The molecule has 1 N–H and O–H groups in total. The van der Waals surface area contributed by atoms with E-state index < -0.39 is 0 Å². The summed E-state index contributed by atoms with van der Waals surface area (Å²) >= 11 is 0. The van der Waals surface area contributed by atoms with Crippen molar-refractivity contribution in [2.75, 3.05) is 26.2 Å². The zero-order valence-corrected chi connectivity index (χ0v) is 9.34. The van der Waals surface area contributed by atoms with Crippen molar-refractivity contribution in [3.63, 3.8) is 0 Å². The van der Waals surface area contributed by atoms with E-state index >= 15 is 0 Å². The number of likely N-dealkylation sites (tertiary alicyclic amines) is 1. The van der Waals surface area contributed by atoms with Gasteiger partial charge in [-0.3, -0.25) is 0 Å². The Labute approximate surface area is 82.7 Å². The topological polar surface area (TPSA) is 15.3 Å². The highest BCUT2D eigenvalue weighted by Gasteiger charge is 2.24. The Kier molecular flexibility index (Phi) is 4.74. The molecule has 0 saturated carbocycles. The molecule has 0 aromatic rings. The summed E-state index contributed by atoms with van der Waals surface area (Å²) in [6.07, 6.45) is 2.77.